The van der Waals surface area contributed by atoms with Gasteiger partial charge in [0, 0.05) is 18.3 Å². The third-order valence-corrected chi connectivity index (χ3v) is 3.72. The summed E-state index contributed by atoms with van der Waals surface area (Å²) in [6.45, 7) is 5.35. The average molecular weight is 356 g/mol. The summed E-state index contributed by atoms with van der Waals surface area (Å²) in [7, 11) is 1.63. The van der Waals surface area contributed by atoms with Crippen LogP contribution in [0.3, 0.4) is 0 Å². The zero-order valence-corrected chi connectivity index (χ0v) is 14.7. The maximum absolute atomic E-state index is 13.5. The van der Waals surface area contributed by atoms with E-state index in [1.54, 1.807) is 50.4 Å². The van der Waals surface area contributed by atoms with Crippen LogP contribution in [0.2, 0.25) is 0 Å². The van der Waals surface area contributed by atoms with Crippen molar-refractivity contribution in [2.24, 2.45) is 0 Å². The number of nitrogens with one attached hydrogen (secondary N) is 1. The summed E-state index contributed by atoms with van der Waals surface area (Å²) in [4.78, 5) is 25.3. The van der Waals surface area contributed by atoms with Crippen LogP contribution in [0.1, 0.15) is 17.3 Å². The fourth-order valence-electron chi connectivity index (χ4n) is 2.23. The van der Waals surface area contributed by atoms with E-state index in [0.717, 1.165) is 0 Å². The van der Waals surface area contributed by atoms with Gasteiger partial charge in [0.15, 0.2) is 11.6 Å². The highest BCUT2D eigenvalue weighted by molar-refractivity contribution is 6.01. The van der Waals surface area contributed by atoms with Crippen molar-refractivity contribution in [3.63, 3.8) is 0 Å². The van der Waals surface area contributed by atoms with Gasteiger partial charge in [-0.25, -0.2) is 4.39 Å². The van der Waals surface area contributed by atoms with Gasteiger partial charge in [-0.1, -0.05) is 18.7 Å². The van der Waals surface area contributed by atoms with E-state index in [2.05, 4.69) is 11.9 Å². The Morgan fingerprint density at radius 2 is 1.88 bits per heavy atom. The van der Waals surface area contributed by atoms with Crippen LogP contribution in [0.15, 0.2) is 61.2 Å². The molecule has 6 heteroatoms. The van der Waals surface area contributed by atoms with Gasteiger partial charge in [-0.05, 0) is 49.4 Å². The average Bonchev–Trinajstić information content (AvgIpc) is 2.66. The van der Waals surface area contributed by atoms with Gasteiger partial charge in [0.2, 0.25) is 5.91 Å². The standard InChI is InChI=1S/C20H21FN2O3/c1-4-19(24)23(3)16-11-9-15(10-12-16)20(25)22-14(2)13-26-18-8-6-5-7-17(18)21/h4-12,14H,1,13H2,2-3H3,(H,22,25). The molecule has 0 heterocycles. The number of carbonyl (C=O) groups is 2. The maximum atomic E-state index is 13.5. The Balaban J connectivity index is 1.91. The molecule has 0 saturated heterocycles. The van der Waals surface area contributed by atoms with Gasteiger partial charge < -0.3 is 15.0 Å². The molecular formula is C20H21FN2O3. The van der Waals surface area contributed by atoms with E-state index >= 15 is 0 Å². The van der Waals surface area contributed by atoms with Crippen molar-refractivity contribution >= 4 is 17.5 Å². The van der Waals surface area contributed by atoms with Crippen LogP contribution in [0.4, 0.5) is 10.1 Å². The Kier molecular flexibility index (Phi) is 6.49. The first-order valence-corrected chi connectivity index (χ1v) is 8.10. The molecule has 0 saturated carbocycles. The number of halogens is 1. The van der Waals surface area contributed by atoms with Crippen LogP contribution < -0.4 is 15.0 Å². The summed E-state index contributed by atoms with van der Waals surface area (Å²) in [6.07, 6.45) is 1.22. The molecule has 0 aliphatic carbocycles. The van der Waals surface area contributed by atoms with Gasteiger partial charge in [-0.15, -0.1) is 0 Å². The van der Waals surface area contributed by atoms with Crippen LogP contribution in [0.5, 0.6) is 5.75 Å². The van der Waals surface area contributed by atoms with Gasteiger partial charge >= 0.3 is 0 Å². The molecule has 1 unspecified atom stereocenters. The summed E-state index contributed by atoms with van der Waals surface area (Å²) < 4.78 is 18.9. The summed E-state index contributed by atoms with van der Waals surface area (Å²) in [5, 5.41) is 2.79. The van der Waals surface area contributed by atoms with Crippen molar-refractivity contribution in [1.29, 1.82) is 0 Å². The molecule has 2 aromatic rings. The Bertz CT molecular complexity index is 790. The Morgan fingerprint density at radius 3 is 2.50 bits per heavy atom. The molecule has 136 valence electrons. The van der Waals surface area contributed by atoms with E-state index in [1.165, 1.54) is 23.1 Å². The number of para-hydroxylation sites is 1. The van der Waals surface area contributed by atoms with E-state index in [9.17, 15) is 14.0 Å². The quantitative estimate of drug-likeness (QED) is 0.775. The summed E-state index contributed by atoms with van der Waals surface area (Å²) in [5.74, 6) is -0.812. The fraction of sp³-hybridized carbons (Fsp3) is 0.200. The number of anilines is 1. The largest absolute Gasteiger partial charge is 0.488 e. The van der Waals surface area contributed by atoms with Crippen molar-refractivity contribution in [2.45, 2.75) is 13.0 Å². The van der Waals surface area contributed by atoms with Gasteiger partial charge in [0.25, 0.3) is 5.91 Å². The number of hydrogen-bond donors (Lipinski definition) is 1. The summed E-state index contributed by atoms with van der Waals surface area (Å²) >= 11 is 0. The predicted octanol–water partition coefficient (Wildman–Crippen LogP) is 3.17. The summed E-state index contributed by atoms with van der Waals surface area (Å²) in [5.41, 5.74) is 1.10. The zero-order valence-electron chi connectivity index (χ0n) is 14.7. The molecule has 0 radical (unpaired) electrons. The second-order valence-corrected chi connectivity index (χ2v) is 5.76. The second kappa shape index (κ2) is 8.80. The first kappa shape index (κ1) is 19.2. The van der Waals surface area contributed by atoms with E-state index in [1.807, 2.05) is 0 Å². The van der Waals surface area contributed by atoms with Gasteiger partial charge in [-0.3, -0.25) is 9.59 Å². The topological polar surface area (TPSA) is 58.6 Å². The molecule has 2 amide bonds. The van der Waals surface area contributed by atoms with Crippen molar-refractivity contribution < 1.29 is 18.7 Å². The third kappa shape index (κ3) is 4.92. The molecule has 1 N–H and O–H groups in total. The van der Waals surface area contributed by atoms with Gasteiger partial charge in [0.05, 0.1) is 6.04 Å². The molecule has 0 fully saturated rings. The number of rotatable bonds is 7. The minimum absolute atomic E-state index is 0.140. The fourth-order valence-corrected chi connectivity index (χ4v) is 2.23. The maximum Gasteiger partial charge on any atom is 0.251 e. The highest BCUT2D eigenvalue weighted by Crippen LogP contribution is 2.16. The van der Waals surface area contributed by atoms with Crippen LogP contribution in [0, 0.1) is 5.82 Å². The molecule has 2 aromatic carbocycles. The van der Waals surface area contributed by atoms with E-state index in [4.69, 9.17) is 4.74 Å². The lowest BCUT2D eigenvalue weighted by molar-refractivity contribution is -0.113. The van der Waals surface area contributed by atoms with Crippen molar-refractivity contribution in [1.82, 2.24) is 5.32 Å². The van der Waals surface area contributed by atoms with E-state index < -0.39 is 5.82 Å². The SMILES string of the molecule is C=CC(=O)N(C)c1ccc(C(=O)NC(C)COc2ccccc2F)cc1. The molecule has 0 aromatic heterocycles. The molecule has 0 aliphatic heterocycles. The summed E-state index contributed by atoms with van der Waals surface area (Å²) in [6, 6.07) is 12.4. The number of hydrogen-bond acceptors (Lipinski definition) is 3. The Labute approximate surface area is 152 Å². The Hall–Kier alpha value is -3.15. The van der Waals surface area contributed by atoms with E-state index in [0.29, 0.717) is 11.3 Å². The number of likely N-dealkylation sites (N-methyl/N-ethyl adjacent to an activating group) is 1. The van der Waals surface area contributed by atoms with Crippen LogP contribution >= 0.6 is 0 Å². The highest BCUT2D eigenvalue weighted by atomic mass is 19.1. The lowest BCUT2D eigenvalue weighted by atomic mass is 10.1. The number of carbonyl (C=O) groups excluding carboxylic acids is 2. The zero-order chi connectivity index (χ0) is 19.1. The molecule has 2 rings (SSSR count). The number of nitrogens with zero attached hydrogens (tertiary/aromatic N) is 1. The molecule has 5 nitrogen and oxygen atoms in total. The predicted molar refractivity (Wildman–Crippen MR) is 98.9 cm³/mol. The second-order valence-electron chi connectivity index (χ2n) is 5.76. The minimum atomic E-state index is -0.445. The molecule has 26 heavy (non-hydrogen) atoms. The number of benzene rings is 2. The first-order chi connectivity index (χ1) is 12.4. The third-order valence-electron chi connectivity index (χ3n) is 3.72. The van der Waals surface area contributed by atoms with Crippen molar-refractivity contribution in [2.75, 3.05) is 18.6 Å². The van der Waals surface area contributed by atoms with Crippen LogP contribution in [0.25, 0.3) is 0 Å². The normalized spacial score (nSPS) is 11.3. The molecule has 0 bridgehead atoms. The first-order valence-electron chi connectivity index (χ1n) is 8.10. The highest BCUT2D eigenvalue weighted by Gasteiger charge is 2.13. The number of amides is 2. The van der Waals surface area contributed by atoms with E-state index in [-0.39, 0.29) is 30.2 Å². The minimum Gasteiger partial charge on any atom is -0.488 e. The lowest BCUT2D eigenvalue weighted by Gasteiger charge is -2.17. The molecule has 0 spiro atoms. The molecule has 0 aliphatic rings. The van der Waals surface area contributed by atoms with Crippen LogP contribution in [-0.4, -0.2) is 31.5 Å². The smallest absolute Gasteiger partial charge is 0.251 e. The monoisotopic (exact) mass is 356 g/mol. The van der Waals surface area contributed by atoms with Crippen molar-refractivity contribution in [3.8, 4) is 5.75 Å². The van der Waals surface area contributed by atoms with Gasteiger partial charge in [0.1, 0.15) is 6.61 Å². The van der Waals surface area contributed by atoms with Crippen LogP contribution in [-0.2, 0) is 4.79 Å². The molecular weight excluding hydrogens is 335 g/mol. The lowest BCUT2D eigenvalue weighted by Crippen LogP contribution is -2.36. The van der Waals surface area contributed by atoms with Crippen molar-refractivity contribution in [3.05, 3.63) is 72.6 Å². The number of ether oxygens (including phenoxy) is 1. The Morgan fingerprint density at radius 1 is 1.23 bits per heavy atom. The van der Waals surface area contributed by atoms with Gasteiger partial charge in [-0.2, -0.15) is 0 Å². The molecule has 1 atom stereocenters.